The fourth-order valence-electron chi connectivity index (χ4n) is 2.11. The van der Waals surface area contributed by atoms with Gasteiger partial charge in [0, 0.05) is 18.8 Å². The fraction of sp³-hybridized carbons (Fsp3) is 0.625. The fourth-order valence-corrected chi connectivity index (χ4v) is 2.11. The summed E-state index contributed by atoms with van der Waals surface area (Å²) in [5, 5.41) is 0. The molecule has 1 nitrogen and oxygen atoms in total. The van der Waals surface area contributed by atoms with Crippen molar-refractivity contribution >= 4 is 18.1 Å². The van der Waals surface area contributed by atoms with E-state index in [0.29, 0.717) is 0 Å². The van der Waals surface area contributed by atoms with Crippen LogP contribution >= 0.6 is 12.4 Å². The van der Waals surface area contributed by atoms with Crippen LogP contribution in [0.25, 0.3) is 0 Å². The number of nitrogens with zero attached hydrogens (tertiary/aromatic N) is 1. The van der Waals surface area contributed by atoms with Crippen LogP contribution in [0.5, 0.6) is 0 Å². The number of unbranched alkanes of at least 4 members (excludes halogenated alkanes) is 4. The summed E-state index contributed by atoms with van der Waals surface area (Å²) in [6, 6.07) is 10.8. The van der Waals surface area contributed by atoms with E-state index in [-0.39, 0.29) is 12.4 Å². The van der Waals surface area contributed by atoms with Gasteiger partial charge in [-0.05, 0) is 25.0 Å². The van der Waals surface area contributed by atoms with Crippen molar-refractivity contribution in [3.8, 4) is 0 Å². The molecule has 104 valence electrons. The molecule has 0 bridgehead atoms. The molecule has 1 aromatic carbocycles. The van der Waals surface area contributed by atoms with E-state index in [9.17, 15) is 0 Å². The molecule has 0 radical (unpaired) electrons. The van der Waals surface area contributed by atoms with Crippen molar-refractivity contribution in [2.45, 2.75) is 52.4 Å². The number of para-hydroxylation sites is 1. The Bertz CT molecular complexity index is 264. The summed E-state index contributed by atoms with van der Waals surface area (Å²) in [5.74, 6) is 0. The van der Waals surface area contributed by atoms with Crippen molar-refractivity contribution in [1.82, 2.24) is 0 Å². The zero-order valence-electron chi connectivity index (χ0n) is 11.9. The molecule has 0 aliphatic carbocycles. The Morgan fingerprint density at radius 3 is 1.72 bits per heavy atom. The van der Waals surface area contributed by atoms with Gasteiger partial charge in [0.05, 0.1) is 0 Å². The lowest BCUT2D eigenvalue weighted by Gasteiger charge is -2.24. The summed E-state index contributed by atoms with van der Waals surface area (Å²) < 4.78 is 0. The van der Waals surface area contributed by atoms with Gasteiger partial charge in [0.25, 0.3) is 0 Å². The molecule has 0 aliphatic rings. The van der Waals surface area contributed by atoms with Crippen LogP contribution in [-0.2, 0) is 0 Å². The van der Waals surface area contributed by atoms with Crippen LogP contribution in [0, 0.1) is 0 Å². The van der Waals surface area contributed by atoms with Crippen LogP contribution in [0.4, 0.5) is 5.69 Å². The number of benzene rings is 1. The minimum atomic E-state index is 0. The molecule has 18 heavy (non-hydrogen) atoms. The summed E-state index contributed by atoms with van der Waals surface area (Å²) in [6.45, 7) is 6.96. The van der Waals surface area contributed by atoms with Gasteiger partial charge in [-0.1, -0.05) is 57.7 Å². The van der Waals surface area contributed by atoms with Gasteiger partial charge in [-0.15, -0.1) is 12.4 Å². The van der Waals surface area contributed by atoms with E-state index in [1.54, 1.807) is 0 Å². The lowest BCUT2D eigenvalue weighted by atomic mass is 10.2. The van der Waals surface area contributed by atoms with E-state index in [1.165, 1.54) is 57.3 Å². The van der Waals surface area contributed by atoms with Crippen molar-refractivity contribution < 1.29 is 0 Å². The maximum atomic E-state index is 2.55. The largest absolute Gasteiger partial charge is 0.372 e. The van der Waals surface area contributed by atoms with Crippen molar-refractivity contribution in [3.05, 3.63) is 30.3 Å². The first-order chi connectivity index (χ1) is 8.38. The van der Waals surface area contributed by atoms with Crippen molar-refractivity contribution in [2.75, 3.05) is 18.0 Å². The van der Waals surface area contributed by atoms with Gasteiger partial charge < -0.3 is 4.90 Å². The van der Waals surface area contributed by atoms with Crippen LogP contribution in [0.3, 0.4) is 0 Å². The molecule has 0 atom stereocenters. The van der Waals surface area contributed by atoms with E-state index in [2.05, 4.69) is 49.1 Å². The Kier molecular flexibility index (Phi) is 11.0. The van der Waals surface area contributed by atoms with Crippen molar-refractivity contribution in [2.24, 2.45) is 0 Å². The maximum absolute atomic E-state index is 2.55. The highest BCUT2D eigenvalue weighted by molar-refractivity contribution is 5.85. The third-order valence-corrected chi connectivity index (χ3v) is 3.18. The normalized spacial score (nSPS) is 9.89. The summed E-state index contributed by atoms with van der Waals surface area (Å²) >= 11 is 0. The van der Waals surface area contributed by atoms with E-state index in [4.69, 9.17) is 0 Å². The van der Waals surface area contributed by atoms with Crippen LogP contribution in [0.1, 0.15) is 52.4 Å². The van der Waals surface area contributed by atoms with Crippen LogP contribution in [0.15, 0.2) is 30.3 Å². The van der Waals surface area contributed by atoms with Gasteiger partial charge in [0.15, 0.2) is 0 Å². The molecule has 0 amide bonds. The zero-order valence-corrected chi connectivity index (χ0v) is 12.7. The van der Waals surface area contributed by atoms with Gasteiger partial charge in [-0.2, -0.15) is 0 Å². The summed E-state index contributed by atoms with van der Waals surface area (Å²) in [5.41, 5.74) is 1.39. The number of rotatable bonds is 9. The van der Waals surface area contributed by atoms with Gasteiger partial charge in [-0.3, -0.25) is 0 Å². The smallest absolute Gasteiger partial charge is 0.0366 e. The molecule has 0 fully saturated rings. The highest BCUT2D eigenvalue weighted by Gasteiger charge is 2.04. The zero-order chi connectivity index (χ0) is 12.3. The topological polar surface area (TPSA) is 3.24 Å². The third-order valence-electron chi connectivity index (χ3n) is 3.18. The van der Waals surface area contributed by atoms with E-state index in [1.807, 2.05) is 0 Å². The van der Waals surface area contributed by atoms with E-state index >= 15 is 0 Å². The summed E-state index contributed by atoms with van der Waals surface area (Å²) in [4.78, 5) is 2.55. The molecule has 1 aromatic rings. The molecular formula is C16H28ClN. The second-order valence-corrected chi connectivity index (χ2v) is 4.74. The molecule has 0 N–H and O–H groups in total. The Morgan fingerprint density at radius 2 is 1.28 bits per heavy atom. The van der Waals surface area contributed by atoms with Crippen molar-refractivity contribution in [1.29, 1.82) is 0 Å². The molecule has 0 saturated heterocycles. The summed E-state index contributed by atoms with van der Waals surface area (Å²) in [6.07, 6.45) is 7.93. The first kappa shape index (κ1) is 17.3. The SMILES string of the molecule is CCCCCN(CCCCC)c1ccccc1.Cl. The lowest BCUT2D eigenvalue weighted by Crippen LogP contribution is -2.25. The molecular weight excluding hydrogens is 242 g/mol. The number of halogens is 1. The van der Waals surface area contributed by atoms with Crippen molar-refractivity contribution in [3.63, 3.8) is 0 Å². The highest BCUT2D eigenvalue weighted by Crippen LogP contribution is 2.15. The van der Waals surface area contributed by atoms with E-state index < -0.39 is 0 Å². The third kappa shape index (κ3) is 6.90. The van der Waals surface area contributed by atoms with Crippen LogP contribution in [0.2, 0.25) is 0 Å². The average molecular weight is 270 g/mol. The molecule has 0 saturated carbocycles. The average Bonchev–Trinajstić information content (AvgIpc) is 2.38. The van der Waals surface area contributed by atoms with Gasteiger partial charge in [-0.25, -0.2) is 0 Å². The van der Waals surface area contributed by atoms with Crippen LogP contribution < -0.4 is 4.90 Å². The van der Waals surface area contributed by atoms with Gasteiger partial charge >= 0.3 is 0 Å². The monoisotopic (exact) mass is 269 g/mol. The highest BCUT2D eigenvalue weighted by atomic mass is 35.5. The first-order valence-corrected chi connectivity index (χ1v) is 7.18. The molecule has 1 rings (SSSR count). The standard InChI is InChI=1S/C16H27N.ClH/c1-3-5-10-14-17(15-11-6-4-2)16-12-8-7-9-13-16;/h7-9,12-13H,3-6,10-11,14-15H2,1-2H3;1H. The Morgan fingerprint density at radius 1 is 0.778 bits per heavy atom. The Labute approximate surface area is 119 Å². The molecule has 0 spiro atoms. The number of hydrogen-bond acceptors (Lipinski definition) is 1. The molecule has 0 aliphatic heterocycles. The molecule has 2 heteroatoms. The second-order valence-electron chi connectivity index (χ2n) is 4.74. The second kappa shape index (κ2) is 11.4. The summed E-state index contributed by atoms with van der Waals surface area (Å²) in [7, 11) is 0. The Balaban J connectivity index is 0.00000289. The number of hydrogen-bond donors (Lipinski definition) is 0. The predicted octanol–water partition coefficient (Wildman–Crippen LogP) is 5.30. The van der Waals surface area contributed by atoms with Crippen LogP contribution in [-0.4, -0.2) is 13.1 Å². The molecule has 0 unspecified atom stereocenters. The molecule has 0 aromatic heterocycles. The van der Waals surface area contributed by atoms with Gasteiger partial charge in [0.2, 0.25) is 0 Å². The number of anilines is 1. The van der Waals surface area contributed by atoms with Gasteiger partial charge in [0.1, 0.15) is 0 Å². The predicted molar refractivity (Wildman–Crippen MR) is 85.0 cm³/mol. The first-order valence-electron chi connectivity index (χ1n) is 7.18. The Hall–Kier alpha value is -0.690. The minimum absolute atomic E-state index is 0. The quantitative estimate of drug-likeness (QED) is 0.550. The minimum Gasteiger partial charge on any atom is -0.372 e. The lowest BCUT2D eigenvalue weighted by molar-refractivity contribution is 0.636. The maximum Gasteiger partial charge on any atom is 0.0366 e. The molecule has 0 heterocycles. The van der Waals surface area contributed by atoms with E-state index in [0.717, 1.165) is 0 Å².